The maximum absolute atomic E-state index is 12.2. The van der Waals surface area contributed by atoms with E-state index < -0.39 is 12.1 Å². The Balaban J connectivity index is 1.79. The van der Waals surface area contributed by atoms with Crippen molar-refractivity contribution in [2.75, 3.05) is 13.1 Å². The minimum absolute atomic E-state index is 0.0604. The van der Waals surface area contributed by atoms with Gasteiger partial charge in [0.15, 0.2) is 0 Å². The van der Waals surface area contributed by atoms with E-state index in [0.29, 0.717) is 32.5 Å². The Morgan fingerprint density at radius 1 is 1.29 bits per heavy atom. The summed E-state index contributed by atoms with van der Waals surface area (Å²) in [4.78, 5) is 24.8. The van der Waals surface area contributed by atoms with Crippen LogP contribution in [0.25, 0.3) is 0 Å². The maximum atomic E-state index is 12.2. The number of amides is 1. The van der Waals surface area contributed by atoms with Gasteiger partial charge in [0.1, 0.15) is 6.10 Å². The summed E-state index contributed by atoms with van der Waals surface area (Å²) in [5.74, 6) is -1.15. The summed E-state index contributed by atoms with van der Waals surface area (Å²) in [5.41, 5.74) is 1.03. The number of likely N-dealkylation sites (tertiary alicyclic amines) is 1. The molecule has 0 aliphatic carbocycles. The molecule has 5 nitrogen and oxygen atoms in total. The monoisotopic (exact) mass is 291 g/mol. The van der Waals surface area contributed by atoms with Crippen molar-refractivity contribution in [1.82, 2.24) is 4.90 Å². The van der Waals surface area contributed by atoms with Crippen molar-refractivity contribution in [3.8, 4) is 0 Å². The lowest BCUT2D eigenvalue weighted by molar-refractivity contribution is -0.150. The average molecular weight is 291 g/mol. The van der Waals surface area contributed by atoms with Gasteiger partial charge in [-0.25, -0.2) is 0 Å². The van der Waals surface area contributed by atoms with E-state index in [2.05, 4.69) is 0 Å². The van der Waals surface area contributed by atoms with E-state index in [0.717, 1.165) is 5.56 Å². The molecule has 0 unspecified atom stereocenters. The lowest BCUT2D eigenvalue weighted by Gasteiger charge is -2.31. The summed E-state index contributed by atoms with van der Waals surface area (Å²) in [6.45, 7) is 3.14. The smallest absolute Gasteiger partial charge is 0.306 e. The van der Waals surface area contributed by atoms with E-state index in [1.165, 1.54) is 0 Å². The molecule has 1 atom stereocenters. The SMILES string of the molecule is C[C@@H](OCc1ccccc1)C(=O)N1CCC(C(=O)O)CC1. The minimum Gasteiger partial charge on any atom is -0.481 e. The van der Waals surface area contributed by atoms with Crippen LogP contribution in [0.15, 0.2) is 30.3 Å². The highest BCUT2D eigenvalue weighted by atomic mass is 16.5. The predicted octanol–water partition coefficient (Wildman–Crippen LogP) is 1.91. The van der Waals surface area contributed by atoms with Gasteiger partial charge in [-0.05, 0) is 25.3 Å². The molecule has 0 spiro atoms. The molecule has 0 saturated carbocycles. The van der Waals surface area contributed by atoms with Gasteiger partial charge in [-0.15, -0.1) is 0 Å². The van der Waals surface area contributed by atoms with Gasteiger partial charge in [0.05, 0.1) is 12.5 Å². The summed E-state index contributed by atoms with van der Waals surface area (Å²) >= 11 is 0. The molecule has 21 heavy (non-hydrogen) atoms. The van der Waals surface area contributed by atoms with E-state index in [9.17, 15) is 9.59 Å². The standard InChI is InChI=1S/C16H21NO4/c1-12(21-11-13-5-3-2-4-6-13)15(18)17-9-7-14(8-10-17)16(19)20/h2-6,12,14H,7-11H2,1H3,(H,19,20)/t12-/m1/s1. The van der Waals surface area contributed by atoms with Crippen LogP contribution in [0.3, 0.4) is 0 Å². The van der Waals surface area contributed by atoms with Crippen LogP contribution in [-0.2, 0) is 20.9 Å². The van der Waals surface area contributed by atoms with E-state index in [1.54, 1.807) is 11.8 Å². The van der Waals surface area contributed by atoms with Crippen LogP contribution < -0.4 is 0 Å². The number of aliphatic carboxylic acids is 1. The van der Waals surface area contributed by atoms with Gasteiger partial charge in [0, 0.05) is 13.1 Å². The van der Waals surface area contributed by atoms with Gasteiger partial charge >= 0.3 is 5.97 Å². The summed E-state index contributed by atoms with van der Waals surface area (Å²) < 4.78 is 5.61. The second kappa shape index (κ2) is 7.22. The van der Waals surface area contributed by atoms with Crippen LogP contribution in [-0.4, -0.2) is 41.1 Å². The number of hydrogen-bond donors (Lipinski definition) is 1. The van der Waals surface area contributed by atoms with Gasteiger partial charge in [-0.3, -0.25) is 9.59 Å². The molecule has 0 aromatic heterocycles. The Bertz CT molecular complexity index is 480. The largest absolute Gasteiger partial charge is 0.481 e. The highest BCUT2D eigenvalue weighted by molar-refractivity contribution is 5.81. The van der Waals surface area contributed by atoms with Crippen molar-refractivity contribution in [2.45, 2.75) is 32.5 Å². The average Bonchev–Trinajstić information content (AvgIpc) is 2.53. The Kier molecular flexibility index (Phi) is 5.33. The number of ether oxygens (including phenoxy) is 1. The molecule has 1 aliphatic rings. The molecular formula is C16H21NO4. The van der Waals surface area contributed by atoms with Crippen LogP contribution in [0.2, 0.25) is 0 Å². The van der Waals surface area contributed by atoms with Gasteiger partial charge < -0.3 is 14.7 Å². The molecule has 1 aromatic rings. The first kappa shape index (κ1) is 15.5. The van der Waals surface area contributed by atoms with Gasteiger partial charge in [0.2, 0.25) is 0 Å². The predicted molar refractivity (Wildman–Crippen MR) is 77.6 cm³/mol. The summed E-state index contributed by atoms with van der Waals surface area (Å²) in [6, 6.07) is 9.71. The fourth-order valence-electron chi connectivity index (χ4n) is 2.47. The molecule has 1 saturated heterocycles. The van der Waals surface area contributed by atoms with Crippen molar-refractivity contribution in [2.24, 2.45) is 5.92 Å². The summed E-state index contributed by atoms with van der Waals surface area (Å²) in [7, 11) is 0. The molecule has 1 heterocycles. The van der Waals surface area contributed by atoms with Crippen molar-refractivity contribution in [1.29, 1.82) is 0 Å². The third kappa shape index (κ3) is 4.29. The van der Waals surface area contributed by atoms with Crippen molar-refractivity contribution < 1.29 is 19.4 Å². The first-order valence-corrected chi connectivity index (χ1v) is 7.25. The second-order valence-electron chi connectivity index (χ2n) is 5.38. The van der Waals surface area contributed by atoms with Crippen LogP contribution in [0, 0.1) is 5.92 Å². The normalized spacial score (nSPS) is 17.5. The lowest BCUT2D eigenvalue weighted by Crippen LogP contribution is -2.44. The minimum atomic E-state index is -0.768. The summed E-state index contributed by atoms with van der Waals surface area (Å²) in [5, 5.41) is 8.95. The highest BCUT2D eigenvalue weighted by Crippen LogP contribution is 2.18. The van der Waals surface area contributed by atoms with E-state index in [4.69, 9.17) is 9.84 Å². The maximum Gasteiger partial charge on any atom is 0.306 e. The van der Waals surface area contributed by atoms with Crippen LogP contribution >= 0.6 is 0 Å². The number of benzene rings is 1. The van der Waals surface area contributed by atoms with Crippen LogP contribution in [0.5, 0.6) is 0 Å². The molecule has 1 N–H and O–H groups in total. The first-order chi connectivity index (χ1) is 10.1. The third-order valence-electron chi connectivity index (χ3n) is 3.85. The van der Waals surface area contributed by atoms with Gasteiger partial charge in [0.25, 0.3) is 5.91 Å². The zero-order valence-corrected chi connectivity index (χ0v) is 12.2. The highest BCUT2D eigenvalue weighted by Gasteiger charge is 2.29. The molecular weight excluding hydrogens is 270 g/mol. The lowest BCUT2D eigenvalue weighted by atomic mass is 9.97. The quantitative estimate of drug-likeness (QED) is 0.900. The number of piperidine rings is 1. The molecule has 1 amide bonds. The van der Waals surface area contributed by atoms with Crippen molar-refractivity contribution in [3.63, 3.8) is 0 Å². The molecule has 1 aromatic carbocycles. The molecule has 5 heteroatoms. The second-order valence-corrected chi connectivity index (χ2v) is 5.38. The Labute approximate surface area is 124 Å². The van der Waals surface area contributed by atoms with E-state index in [-0.39, 0.29) is 11.8 Å². The Hall–Kier alpha value is -1.88. The van der Waals surface area contributed by atoms with Crippen molar-refractivity contribution >= 4 is 11.9 Å². The Morgan fingerprint density at radius 3 is 2.48 bits per heavy atom. The van der Waals surface area contributed by atoms with E-state index >= 15 is 0 Å². The zero-order valence-electron chi connectivity index (χ0n) is 12.2. The topological polar surface area (TPSA) is 66.8 Å². The number of carbonyl (C=O) groups is 2. The molecule has 0 radical (unpaired) electrons. The number of carboxylic acids is 1. The molecule has 114 valence electrons. The molecule has 0 bridgehead atoms. The summed E-state index contributed by atoms with van der Waals surface area (Å²) in [6.07, 6.45) is 0.533. The van der Waals surface area contributed by atoms with Crippen molar-refractivity contribution in [3.05, 3.63) is 35.9 Å². The molecule has 1 fully saturated rings. The number of nitrogens with zero attached hydrogens (tertiary/aromatic N) is 1. The fourth-order valence-corrected chi connectivity index (χ4v) is 2.47. The number of rotatable bonds is 5. The van der Waals surface area contributed by atoms with Crippen LogP contribution in [0.1, 0.15) is 25.3 Å². The van der Waals surface area contributed by atoms with Gasteiger partial charge in [-0.2, -0.15) is 0 Å². The van der Waals surface area contributed by atoms with E-state index in [1.807, 2.05) is 30.3 Å². The van der Waals surface area contributed by atoms with Crippen LogP contribution in [0.4, 0.5) is 0 Å². The first-order valence-electron chi connectivity index (χ1n) is 7.25. The number of carbonyl (C=O) groups excluding carboxylic acids is 1. The number of carboxylic acid groups (broad SMARTS) is 1. The van der Waals surface area contributed by atoms with Gasteiger partial charge in [-0.1, -0.05) is 30.3 Å². The molecule has 2 rings (SSSR count). The fraction of sp³-hybridized carbons (Fsp3) is 0.500. The zero-order chi connectivity index (χ0) is 15.2. The number of hydrogen-bond acceptors (Lipinski definition) is 3. The Morgan fingerprint density at radius 2 is 1.90 bits per heavy atom. The molecule has 1 aliphatic heterocycles. The third-order valence-corrected chi connectivity index (χ3v) is 3.85.